The molecule has 0 saturated carbocycles. The van der Waals surface area contributed by atoms with E-state index in [1.807, 2.05) is 24.3 Å². The van der Waals surface area contributed by atoms with Crippen LogP contribution in [0.2, 0.25) is 0 Å². The molecule has 1 aliphatic rings. The normalized spacial score (nSPS) is 19.6. The van der Waals surface area contributed by atoms with Crippen molar-refractivity contribution in [3.05, 3.63) is 35.4 Å². The Labute approximate surface area is 122 Å². The minimum atomic E-state index is -3.68. The van der Waals surface area contributed by atoms with Gasteiger partial charge in [0.1, 0.15) is 5.25 Å². The van der Waals surface area contributed by atoms with Gasteiger partial charge in [0.05, 0.1) is 6.61 Å². The smallest absolute Gasteiger partial charge is 0.237 e. The number of methoxy groups -OCH3 is 1. The molecule has 1 saturated heterocycles. The molecule has 7 heteroatoms. The summed E-state index contributed by atoms with van der Waals surface area (Å²) in [5, 5.41) is -0.801. The highest BCUT2D eigenvalue weighted by molar-refractivity contribution is 8.14. The molecule has 0 aromatic heterocycles. The Kier molecular flexibility index (Phi) is 4.67. The predicted molar refractivity (Wildman–Crippen MR) is 75.7 cm³/mol. The summed E-state index contributed by atoms with van der Waals surface area (Å²) < 4.78 is 27.6. The van der Waals surface area contributed by atoms with Crippen LogP contribution < -0.4 is 0 Å². The Morgan fingerprint density at radius 3 is 2.40 bits per heavy atom. The van der Waals surface area contributed by atoms with Crippen LogP contribution in [0.4, 0.5) is 0 Å². The van der Waals surface area contributed by atoms with E-state index >= 15 is 0 Å². The van der Waals surface area contributed by atoms with Crippen LogP contribution in [-0.2, 0) is 31.7 Å². The minimum Gasteiger partial charge on any atom is -0.380 e. The molecule has 1 aromatic rings. The van der Waals surface area contributed by atoms with E-state index in [4.69, 9.17) is 15.4 Å². The first-order chi connectivity index (χ1) is 9.40. The summed E-state index contributed by atoms with van der Waals surface area (Å²) in [4.78, 5) is 13.3. The van der Waals surface area contributed by atoms with Gasteiger partial charge in [0.25, 0.3) is 0 Å². The van der Waals surface area contributed by atoms with Gasteiger partial charge in [0.15, 0.2) is 0 Å². The van der Waals surface area contributed by atoms with Gasteiger partial charge in [-0.2, -0.15) is 0 Å². The minimum absolute atomic E-state index is 0.0341. The quantitative estimate of drug-likeness (QED) is 0.772. The second kappa shape index (κ2) is 6.11. The highest BCUT2D eigenvalue weighted by Gasteiger charge is 2.37. The molecule has 1 amide bonds. The van der Waals surface area contributed by atoms with E-state index in [1.165, 1.54) is 4.90 Å². The predicted octanol–water partition coefficient (Wildman–Crippen LogP) is 1.50. The van der Waals surface area contributed by atoms with Gasteiger partial charge < -0.3 is 9.64 Å². The largest absolute Gasteiger partial charge is 0.380 e. The van der Waals surface area contributed by atoms with Crippen LogP contribution in [-0.4, -0.2) is 38.1 Å². The second-order valence-corrected chi connectivity index (χ2v) is 7.73. The highest BCUT2D eigenvalue weighted by atomic mass is 35.7. The Morgan fingerprint density at radius 2 is 1.90 bits per heavy atom. The summed E-state index contributed by atoms with van der Waals surface area (Å²) >= 11 is 0. The van der Waals surface area contributed by atoms with Crippen molar-refractivity contribution >= 4 is 25.6 Å². The lowest BCUT2D eigenvalue weighted by molar-refractivity contribution is -0.128. The molecule has 110 valence electrons. The van der Waals surface area contributed by atoms with Gasteiger partial charge in [0, 0.05) is 37.3 Å². The molecule has 0 N–H and O–H groups in total. The molecule has 0 aliphatic carbocycles. The van der Waals surface area contributed by atoms with Crippen molar-refractivity contribution < 1.29 is 17.9 Å². The van der Waals surface area contributed by atoms with Crippen molar-refractivity contribution in [2.45, 2.75) is 24.8 Å². The first-order valence-corrected chi connectivity index (χ1v) is 8.55. The Hall–Kier alpha value is -1.11. The molecule has 0 bridgehead atoms. The first-order valence-electron chi connectivity index (χ1n) is 6.18. The van der Waals surface area contributed by atoms with Crippen LogP contribution in [0.5, 0.6) is 0 Å². The number of benzene rings is 1. The Morgan fingerprint density at radius 1 is 1.30 bits per heavy atom. The van der Waals surface area contributed by atoms with Gasteiger partial charge in [-0.05, 0) is 11.1 Å². The summed E-state index contributed by atoms with van der Waals surface area (Å²) in [6.45, 7) is 1.09. The second-order valence-electron chi connectivity index (χ2n) is 4.83. The molecule has 1 unspecified atom stereocenters. The van der Waals surface area contributed by atoms with Gasteiger partial charge in [-0.25, -0.2) is 8.42 Å². The van der Waals surface area contributed by atoms with Gasteiger partial charge in [-0.1, -0.05) is 24.3 Å². The maximum atomic E-state index is 11.8. The third-order valence-corrected chi connectivity index (χ3v) is 5.15. The number of hydrogen-bond donors (Lipinski definition) is 0. The zero-order valence-electron chi connectivity index (χ0n) is 11.1. The van der Waals surface area contributed by atoms with Crippen molar-refractivity contribution in [3.63, 3.8) is 0 Å². The monoisotopic (exact) mass is 317 g/mol. The molecular weight excluding hydrogens is 302 g/mol. The third-order valence-electron chi connectivity index (χ3n) is 3.28. The number of nitrogens with zero attached hydrogens (tertiary/aromatic N) is 1. The zero-order valence-corrected chi connectivity index (χ0v) is 12.7. The van der Waals surface area contributed by atoms with Crippen molar-refractivity contribution in [2.75, 3.05) is 13.7 Å². The van der Waals surface area contributed by atoms with Crippen LogP contribution in [0.25, 0.3) is 0 Å². The molecule has 0 spiro atoms. The van der Waals surface area contributed by atoms with E-state index in [0.29, 0.717) is 13.2 Å². The molecule has 0 radical (unpaired) electrons. The summed E-state index contributed by atoms with van der Waals surface area (Å²) in [5.41, 5.74) is 2.00. The average Bonchev–Trinajstić information content (AvgIpc) is 2.74. The van der Waals surface area contributed by atoms with Gasteiger partial charge in [-0.15, -0.1) is 0 Å². The molecule has 1 aliphatic heterocycles. The number of halogens is 1. The third kappa shape index (κ3) is 3.71. The Bertz CT molecular complexity index is 585. The molecule has 1 fully saturated rings. The lowest BCUT2D eigenvalue weighted by atomic mass is 10.1. The average molecular weight is 318 g/mol. The highest BCUT2D eigenvalue weighted by Crippen LogP contribution is 2.23. The van der Waals surface area contributed by atoms with Gasteiger partial charge in [-0.3, -0.25) is 4.79 Å². The van der Waals surface area contributed by atoms with Crippen molar-refractivity contribution in [1.82, 2.24) is 4.90 Å². The summed E-state index contributed by atoms with van der Waals surface area (Å²) in [7, 11) is 3.26. The van der Waals surface area contributed by atoms with E-state index in [-0.39, 0.29) is 18.9 Å². The molecule has 2 rings (SSSR count). The number of carbonyl (C=O) groups is 1. The van der Waals surface area contributed by atoms with E-state index in [0.717, 1.165) is 11.1 Å². The first kappa shape index (κ1) is 15.3. The summed E-state index contributed by atoms with van der Waals surface area (Å²) in [6.07, 6.45) is -0.0341. The van der Waals surface area contributed by atoms with Crippen molar-refractivity contribution in [1.29, 1.82) is 0 Å². The number of ether oxygens (including phenoxy) is 1. The lowest BCUT2D eigenvalue weighted by Gasteiger charge is -2.16. The zero-order chi connectivity index (χ0) is 14.8. The molecule has 20 heavy (non-hydrogen) atoms. The van der Waals surface area contributed by atoms with Gasteiger partial charge in [0.2, 0.25) is 15.0 Å². The van der Waals surface area contributed by atoms with E-state index in [2.05, 4.69) is 0 Å². The van der Waals surface area contributed by atoms with Crippen LogP contribution in [0.1, 0.15) is 17.5 Å². The van der Waals surface area contributed by atoms with Crippen LogP contribution in [0, 0.1) is 0 Å². The van der Waals surface area contributed by atoms with Crippen LogP contribution >= 0.6 is 10.7 Å². The standard InChI is InChI=1S/C13H16ClNO4S/c1-19-9-11-4-2-10(3-5-11)7-15-8-12(6-13(15)16)20(14,17)18/h2-5,12H,6-9H2,1H3. The van der Waals surface area contributed by atoms with Gasteiger partial charge >= 0.3 is 0 Å². The number of rotatable bonds is 5. The number of amides is 1. The fourth-order valence-corrected chi connectivity index (χ4v) is 3.26. The van der Waals surface area contributed by atoms with Crippen LogP contribution in [0.15, 0.2) is 24.3 Å². The fourth-order valence-electron chi connectivity index (χ4n) is 2.21. The summed E-state index contributed by atoms with van der Waals surface area (Å²) in [6, 6.07) is 7.67. The molecular formula is C13H16ClNO4S. The topological polar surface area (TPSA) is 63.7 Å². The van der Waals surface area contributed by atoms with E-state index in [9.17, 15) is 13.2 Å². The van der Waals surface area contributed by atoms with Crippen molar-refractivity contribution in [2.24, 2.45) is 0 Å². The maximum Gasteiger partial charge on any atom is 0.237 e. The number of carbonyl (C=O) groups excluding carboxylic acids is 1. The SMILES string of the molecule is COCc1ccc(CN2CC(S(=O)(=O)Cl)CC2=O)cc1. The lowest BCUT2D eigenvalue weighted by Crippen LogP contribution is -2.26. The number of hydrogen-bond acceptors (Lipinski definition) is 4. The molecule has 1 atom stereocenters. The molecule has 1 aromatic carbocycles. The summed E-state index contributed by atoms with van der Waals surface area (Å²) in [5.74, 6) is -0.180. The Balaban J connectivity index is 2.01. The molecule has 1 heterocycles. The van der Waals surface area contributed by atoms with E-state index in [1.54, 1.807) is 7.11 Å². The van der Waals surface area contributed by atoms with E-state index < -0.39 is 14.3 Å². The molecule has 5 nitrogen and oxygen atoms in total. The van der Waals surface area contributed by atoms with Crippen molar-refractivity contribution in [3.8, 4) is 0 Å². The maximum absolute atomic E-state index is 11.8. The fraction of sp³-hybridized carbons (Fsp3) is 0.462. The number of likely N-dealkylation sites (tertiary alicyclic amines) is 1. The van der Waals surface area contributed by atoms with Crippen LogP contribution in [0.3, 0.4) is 0 Å².